The molecule has 0 spiro atoms. The van der Waals surface area contributed by atoms with Crippen LogP contribution in [0.15, 0.2) is 41.8 Å². The highest BCUT2D eigenvalue weighted by atomic mass is 32.1. The third-order valence-corrected chi connectivity index (χ3v) is 4.05. The molecule has 0 amide bonds. The molecule has 0 saturated heterocycles. The molecule has 0 unspecified atom stereocenters. The Hall–Kier alpha value is -2.40. The largest absolute Gasteiger partial charge is 0.476 e. The van der Waals surface area contributed by atoms with E-state index in [1.165, 1.54) is 0 Å². The topological polar surface area (TPSA) is 55.1 Å². The minimum Gasteiger partial charge on any atom is -0.476 e. The first-order valence-electron chi connectivity index (χ1n) is 6.50. The van der Waals surface area contributed by atoms with E-state index in [9.17, 15) is 9.90 Å². The molecule has 0 saturated carbocycles. The highest BCUT2D eigenvalue weighted by Gasteiger charge is 2.16. The summed E-state index contributed by atoms with van der Waals surface area (Å²) in [6, 6.07) is 11.6. The van der Waals surface area contributed by atoms with Gasteiger partial charge in [0.1, 0.15) is 0 Å². The van der Waals surface area contributed by atoms with E-state index >= 15 is 0 Å². The smallest absolute Gasteiger partial charge is 0.356 e. The Morgan fingerprint density at radius 1 is 1.19 bits per heavy atom. The predicted octanol–water partition coefficient (Wildman–Crippen LogP) is 3.92. The number of rotatable bonds is 3. The Labute approximate surface area is 126 Å². The summed E-state index contributed by atoms with van der Waals surface area (Å²) in [6.07, 6.45) is 0. The van der Waals surface area contributed by atoms with Crippen LogP contribution in [0.4, 0.5) is 0 Å². The van der Waals surface area contributed by atoms with Crippen molar-refractivity contribution in [1.29, 1.82) is 0 Å². The molecule has 5 heteroatoms. The van der Waals surface area contributed by atoms with Gasteiger partial charge in [0, 0.05) is 6.07 Å². The summed E-state index contributed by atoms with van der Waals surface area (Å²) in [6.45, 7) is 4.03. The van der Waals surface area contributed by atoms with Crippen molar-refractivity contribution in [1.82, 2.24) is 9.78 Å². The van der Waals surface area contributed by atoms with E-state index in [1.807, 2.05) is 43.5 Å². The predicted molar refractivity (Wildman–Crippen MR) is 83.3 cm³/mol. The van der Waals surface area contributed by atoms with Crippen molar-refractivity contribution in [2.75, 3.05) is 0 Å². The molecule has 4 nitrogen and oxygen atoms in total. The fourth-order valence-corrected chi connectivity index (χ4v) is 3.08. The van der Waals surface area contributed by atoms with Gasteiger partial charge in [0.2, 0.25) is 0 Å². The first kappa shape index (κ1) is 13.6. The zero-order chi connectivity index (χ0) is 15.0. The lowest BCUT2D eigenvalue weighted by Crippen LogP contribution is -2.02. The molecule has 0 bridgehead atoms. The summed E-state index contributed by atoms with van der Waals surface area (Å²) < 4.78 is 1.70. The zero-order valence-electron chi connectivity index (χ0n) is 11.7. The zero-order valence-corrected chi connectivity index (χ0v) is 12.5. The van der Waals surface area contributed by atoms with Crippen LogP contribution in [0, 0.1) is 13.8 Å². The van der Waals surface area contributed by atoms with E-state index < -0.39 is 5.97 Å². The molecule has 2 aromatic heterocycles. The molecule has 3 rings (SSSR count). The molecule has 21 heavy (non-hydrogen) atoms. The Bertz CT molecular complexity index is 784. The van der Waals surface area contributed by atoms with Crippen LogP contribution < -0.4 is 0 Å². The van der Waals surface area contributed by atoms with E-state index in [0.29, 0.717) is 0 Å². The van der Waals surface area contributed by atoms with Crippen LogP contribution in [0.1, 0.15) is 21.6 Å². The van der Waals surface area contributed by atoms with Gasteiger partial charge in [-0.2, -0.15) is 5.10 Å². The van der Waals surface area contributed by atoms with Crippen LogP contribution in [0.2, 0.25) is 0 Å². The van der Waals surface area contributed by atoms with Crippen molar-refractivity contribution in [3.63, 3.8) is 0 Å². The number of aryl methyl sites for hydroxylation is 2. The molecular weight excluding hydrogens is 284 g/mol. The Morgan fingerprint density at radius 3 is 2.48 bits per heavy atom. The van der Waals surface area contributed by atoms with Crippen molar-refractivity contribution in [2.45, 2.75) is 13.8 Å². The first-order chi connectivity index (χ1) is 10.0. The van der Waals surface area contributed by atoms with Gasteiger partial charge < -0.3 is 5.11 Å². The molecule has 0 aliphatic rings. The van der Waals surface area contributed by atoms with Crippen LogP contribution in [0.25, 0.3) is 16.3 Å². The second-order valence-electron chi connectivity index (χ2n) is 4.95. The van der Waals surface area contributed by atoms with E-state index in [1.54, 1.807) is 22.1 Å². The molecule has 3 aromatic rings. The maximum atomic E-state index is 11.2. The number of aromatic carboxylic acids is 1. The summed E-state index contributed by atoms with van der Waals surface area (Å²) in [5.41, 5.74) is 3.97. The third kappa shape index (κ3) is 2.60. The number of carboxylic acid groups (broad SMARTS) is 1. The minimum atomic E-state index is -1.02. The van der Waals surface area contributed by atoms with Gasteiger partial charge in [-0.15, -0.1) is 11.3 Å². The summed E-state index contributed by atoms with van der Waals surface area (Å²) in [4.78, 5) is 12.2. The van der Waals surface area contributed by atoms with Crippen molar-refractivity contribution < 1.29 is 9.90 Å². The van der Waals surface area contributed by atoms with Gasteiger partial charge >= 0.3 is 5.97 Å². The monoisotopic (exact) mass is 298 g/mol. The molecule has 1 aromatic carbocycles. The van der Waals surface area contributed by atoms with Crippen LogP contribution in [-0.4, -0.2) is 20.9 Å². The second-order valence-corrected chi connectivity index (χ2v) is 5.90. The van der Waals surface area contributed by atoms with Crippen LogP contribution in [-0.2, 0) is 0 Å². The minimum absolute atomic E-state index is 0.0533. The lowest BCUT2D eigenvalue weighted by molar-refractivity contribution is 0.0690. The summed E-state index contributed by atoms with van der Waals surface area (Å²) in [7, 11) is 0. The van der Waals surface area contributed by atoms with Gasteiger partial charge in [-0.25, -0.2) is 9.48 Å². The average molecular weight is 298 g/mol. The van der Waals surface area contributed by atoms with Gasteiger partial charge in [0.05, 0.1) is 16.3 Å². The highest BCUT2D eigenvalue weighted by Crippen LogP contribution is 2.28. The number of hydrogen-bond donors (Lipinski definition) is 1. The fraction of sp³-hybridized carbons (Fsp3) is 0.125. The molecule has 0 radical (unpaired) electrons. The summed E-state index contributed by atoms with van der Waals surface area (Å²) in [5, 5.41) is 15.4. The Balaban J connectivity index is 2.23. The standard InChI is InChI=1S/C16H14N2O2S/c1-10-6-11(2)8-12(7-10)18-14(15-4-3-5-21-15)9-13(17-18)16(19)20/h3-9H,1-2H3,(H,19,20). The highest BCUT2D eigenvalue weighted by molar-refractivity contribution is 7.13. The van der Waals surface area contributed by atoms with Crippen molar-refractivity contribution in [3.8, 4) is 16.3 Å². The molecule has 2 heterocycles. The maximum absolute atomic E-state index is 11.2. The van der Waals surface area contributed by atoms with Gasteiger partial charge in [0.25, 0.3) is 0 Å². The normalized spacial score (nSPS) is 10.8. The maximum Gasteiger partial charge on any atom is 0.356 e. The molecule has 0 fully saturated rings. The number of thiophene rings is 1. The number of benzene rings is 1. The number of carboxylic acids is 1. The molecular formula is C16H14N2O2S. The van der Waals surface area contributed by atoms with E-state index in [4.69, 9.17) is 0 Å². The number of aromatic nitrogens is 2. The Kier molecular flexibility index (Phi) is 3.35. The first-order valence-corrected chi connectivity index (χ1v) is 7.38. The van der Waals surface area contributed by atoms with Crippen molar-refractivity contribution in [3.05, 3.63) is 58.6 Å². The van der Waals surface area contributed by atoms with Gasteiger partial charge in [-0.1, -0.05) is 12.1 Å². The van der Waals surface area contributed by atoms with Crippen LogP contribution >= 0.6 is 11.3 Å². The number of nitrogens with zero attached hydrogens (tertiary/aromatic N) is 2. The van der Waals surface area contributed by atoms with Gasteiger partial charge in [0.15, 0.2) is 5.69 Å². The van der Waals surface area contributed by atoms with E-state index in [-0.39, 0.29) is 5.69 Å². The molecule has 0 atom stereocenters. The third-order valence-electron chi connectivity index (χ3n) is 3.15. The fourth-order valence-electron chi connectivity index (χ4n) is 2.36. The lowest BCUT2D eigenvalue weighted by Gasteiger charge is -2.08. The second kappa shape index (κ2) is 5.18. The van der Waals surface area contributed by atoms with Gasteiger partial charge in [-0.3, -0.25) is 0 Å². The summed E-state index contributed by atoms with van der Waals surface area (Å²) in [5.74, 6) is -1.02. The molecule has 0 aliphatic heterocycles. The molecule has 1 N–H and O–H groups in total. The van der Waals surface area contributed by atoms with E-state index in [2.05, 4.69) is 11.2 Å². The van der Waals surface area contributed by atoms with Crippen LogP contribution in [0.5, 0.6) is 0 Å². The SMILES string of the molecule is Cc1cc(C)cc(-n2nc(C(=O)O)cc2-c2cccs2)c1. The molecule has 0 aliphatic carbocycles. The quantitative estimate of drug-likeness (QED) is 0.797. The lowest BCUT2D eigenvalue weighted by atomic mass is 10.1. The van der Waals surface area contributed by atoms with Crippen molar-refractivity contribution >= 4 is 17.3 Å². The summed E-state index contributed by atoms with van der Waals surface area (Å²) >= 11 is 1.56. The number of carbonyl (C=O) groups is 1. The van der Waals surface area contributed by atoms with Crippen LogP contribution in [0.3, 0.4) is 0 Å². The van der Waals surface area contributed by atoms with Gasteiger partial charge in [-0.05, 0) is 48.6 Å². The van der Waals surface area contributed by atoms with Crippen molar-refractivity contribution in [2.24, 2.45) is 0 Å². The van der Waals surface area contributed by atoms with E-state index in [0.717, 1.165) is 27.4 Å². The Morgan fingerprint density at radius 2 is 1.90 bits per heavy atom. The average Bonchev–Trinajstić information content (AvgIpc) is 3.06. The molecule has 106 valence electrons. The number of hydrogen-bond acceptors (Lipinski definition) is 3.